The van der Waals surface area contributed by atoms with Gasteiger partial charge in [-0.05, 0) is 105 Å². The first-order valence-electron chi connectivity index (χ1n) is 26.1. The number of hydrogen-bond acceptors (Lipinski definition) is 20. The summed E-state index contributed by atoms with van der Waals surface area (Å²) in [7, 11) is 5.24. The zero-order chi connectivity index (χ0) is 54.2. The van der Waals surface area contributed by atoms with Crippen molar-refractivity contribution in [3.8, 4) is 16.9 Å². The van der Waals surface area contributed by atoms with E-state index in [9.17, 15) is 30.3 Å². The molecule has 3 aliphatic rings. The monoisotopic (exact) mass is 1030 g/mol. The lowest BCUT2D eigenvalue weighted by Gasteiger charge is -2.49. The second-order valence-electron chi connectivity index (χ2n) is 22.0. The van der Waals surface area contributed by atoms with Crippen LogP contribution in [0.1, 0.15) is 108 Å². The van der Waals surface area contributed by atoms with E-state index < -0.39 is 102 Å². The van der Waals surface area contributed by atoms with Crippen molar-refractivity contribution < 1.29 is 68.0 Å². The largest absolute Gasteiger partial charge is 0.494 e. The molecule has 20 heteroatoms. The lowest BCUT2D eigenvalue weighted by atomic mass is 9.77. The summed E-state index contributed by atoms with van der Waals surface area (Å²) in [5.74, 6) is 4.24. The number of cyclic esters (lactones) is 1. The van der Waals surface area contributed by atoms with Crippen LogP contribution in [0.4, 0.5) is 0 Å². The van der Waals surface area contributed by atoms with Gasteiger partial charge < -0.3 is 83.8 Å². The van der Waals surface area contributed by atoms with Gasteiger partial charge in [-0.1, -0.05) is 38.1 Å². The van der Waals surface area contributed by atoms with Gasteiger partial charge in [0.05, 0.1) is 54.3 Å². The van der Waals surface area contributed by atoms with Gasteiger partial charge in [0.25, 0.3) is 0 Å². The molecule has 0 saturated carbocycles. The standard InChI is InChI=1S/C53H90N6O14/c1-14-42-53(10,65)46(61)35(6)58(12)28-31(2)25-51(8,64)48(33(4)45(34(5)49(63)71-42)72-43-26-52(9,66-13)47(62)36(7)70-43)73-50-44(60)41(24-32(3)69-50)57(11)22-20-39(54)29-59(55)21-15-23-67-40-18-16-37(17-19-40)38-27-56-68-30-38/h16-19,27,29-36,41-48,50,60-62,64-65H,14-15,20-26,28,54-55H2,1-13H3/b39-29-/t31-,32-,33+,34-,35-,36+,41+,42-,43+,44-,45+,46-,47+,48-,50+,51-,52-,53-/m1/s1. The molecule has 20 nitrogen and oxygen atoms in total. The number of ether oxygens (including phenoxy) is 7. The van der Waals surface area contributed by atoms with E-state index in [0.29, 0.717) is 51.2 Å². The summed E-state index contributed by atoms with van der Waals surface area (Å²) in [6, 6.07) is 6.64. The summed E-state index contributed by atoms with van der Waals surface area (Å²) in [6.45, 7) is 19.3. The quantitative estimate of drug-likeness (QED) is 0.0514. The number of nitrogens with two attached hydrogens (primary N) is 2. The number of likely N-dealkylation sites (N-methyl/N-ethyl adjacent to an activating group) is 2. The fraction of sp³-hybridized carbons (Fsp3) is 0.774. The highest BCUT2D eigenvalue weighted by molar-refractivity contribution is 5.73. The molecule has 0 amide bonds. The number of nitrogens with zero attached hydrogens (tertiary/aromatic N) is 4. The highest BCUT2D eigenvalue weighted by Gasteiger charge is 2.53. The molecule has 3 saturated heterocycles. The number of hydrogen-bond donors (Lipinski definition) is 7. The maximum absolute atomic E-state index is 14.5. The number of rotatable bonds is 17. The van der Waals surface area contributed by atoms with Crippen LogP contribution in [0.2, 0.25) is 0 Å². The molecule has 0 unspecified atom stereocenters. The number of aromatic nitrogens is 1. The number of hydrazine groups is 1. The molecule has 0 aliphatic carbocycles. The Balaban J connectivity index is 1.34. The third-order valence-electron chi connectivity index (χ3n) is 15.6. The van der Waals surface area contributed by atoms with Gasteiger partial charge in [-0.3, -0.25) is 4.79 Å². The molecule has 0 radical (unpaired) electrons. The van der Waals surface area contributed by atoms with Crippen molar-refractivity contribution in [2.24, 2.45) is 29.3 Å². The Morgan fingerprint density at radius 2 is 1.66 bits per heavy atom. The topological polar surface area (TPSA) is 271 Å². The van der Waals surface area contributed by atoms with Gasteiger partial charge in [0, 0.05) is 81.5 Å². The van der Waals surface area contributed by atoms with Crippen LogP contribution < -0.4 is 16.3 Å². The summed E-state index contributed by atoms with van der Waals surface area (Å²) in [5, 5.41) is 64.9. The van der Waals surface area contributed by atoms with Gasteiger partial charge >= 0.3 is 5.97 Å². The minimum atomic E-state index is -1.84. The SMILES string of the molecule is CC[C@H]1OC(=O)[C@H](C)[C@@H](O[C@H]2C[C@@](C)(OC)[C@@H](O)[C@H](C)O2)[C@H](C)[C@@H](O[C@@H]2O[C@H](C)C[C@H](N(C)CC/C(N)=C/N(N)CCCOc3ccc(-c4cnoc4)cc3)[C@H]2O)[C@](C)(O)C[C@@H](C)CN(C)[C@H](C)[C@@H](O)[C@]1(C)O. The normalized spacial score (nSPS) is 38.9. The predicted octanol–water partition coefficient (Wildman–Crippen LogP) is 3.76. The van der Waals surface area contributed by atoms with E-state index in [1.165, 1.54) is 19.0 Å². The van der Waals surface area contributed by atoms with Crippen LogP contribution in [-0.2, 0) is 33.2 Å². The minimum absolute atomic E-state index is 0.0956. The molecule has 9 N–H and O–H groups in total. The Morgan fingerprint density at radius 1 is 0.973 bits per heavy atom. The van der Waals surface area contributed by atoms with Crippen molar-refractivity contribution in [3.05, 3.63) is 48.6 Å². The van der Waals surface area contributed by atoms with E-state index in [0.717, 1.165) is 16.9 Å². The van der Waals surface area contributed by atoms with Gasteiger partial charge in [0.15, 0.2) is 12.6 Å². The van der Waals surface area contributed by atoms with Crippen LogP contribution in [0.5, 0.6) is 5.75 Å². The number of esters is 1. The van der Waals surface area contributed by atoms with Gasteiger partial charge in [0.1, 0.15) is 42.0 Å². The highest BCUT2D eigenvalue weighted by atomic mass is 16.7. The highest BCUT2D eigenvalue weighted by Crippen LogP contribution is 2.40. The maximum Gasteiger partial charge on any atom is 0.311 e. The molecule has 1 aromatic carbocycles. The number of aliphatic hydroxyl groups excluding tert-OH is 3. The second kappa shape index (κ2) is 26.0. The summed E-state index contributed by atoms with van der Waals surface area (Å²) >= 11 is 0. The lowest BCUT2D eigenvalue weighted by molar-refractivity contribution is -0.318. The summed E-state index contributed by atoms with van der Waals surface area (Å²) in [4.78, 5) is 18.4. The molecule has 3 aliphatic heterocycles. The molecular formula is C53H90N6O14. The van der Waals surface area contributed by atoms with Crippen LogP contribution >= 0.6 is 0 Å². The first-order chi connectivity index (χ1) is 34.2. The summed E-state index contributed by atoms with van der Waals surface area (Å²) < 4.78 is 49.1. The molecule has 1 aromatic heterocycles. The fourth-order valence-electron chi connectivity index (χ4n) is 11.0. The van der Waals surface area contributed by atoms with Crippen molar-refractivity contribution >= 4 is 5.97 Å². The first-order valence-corrected chi connectivity index (χ1v) is 26.1. The van der Waals surface area contributed by atoms with E-state index in [1.807, 2.05) is 68.9 Å². The molecule has 0 bridgehead atoms. The van der Waals surface area contributed by atoms with Crippen LogP contribution in [0.25, 0.3) is 11.1 Å². The molecule has 5 rings (SSSR count). The predicted molar refractivity (Wildman–Crippen MR) is 273 cm³/mol. The van der Waals surface area contributed by atoms with Crippen LogP contribution in [-0.4, -0.2) is 189 Å². The van der Waals surface area contributed by atoms with Crippen molar-refractivity contribution in [3.63, 3.8) is 0 Å². The van der Waals surface area contributed by atoms with Gasteiger partial charge in [-0.2, -0.15) is 0 Å². The van der Waals surface area contributed by atoms with Crippen LogP contribution in [0.3, 0.4) is 0 Å². The number of aliphatic hydroxyl groups is 5. The molecule has 0 spiro atoms. The number of carbonyl (C=O) groups excluding carboxylic acids is 1. The molecule has 2 aromatic rings. The third-order valence-corrected chi connectivity index (χ3v) is 15.6. The summed E-state index contributed by atoms with van der Waals surface area (Å²) in [6.07, 6.45) is -3.15. The van der Waals surface area contributed by atoms with E-state index in [2.05, 4.69) is 5.16 Å². The average Bonchev–Trinajstić information content (AvgIpc) is 3.89. The maximum atomic E-state index is 14.5. The molecule has 18 atom stereocenters. The van der Waals surface area contributed by atoms with E-state index in [1.54, 1.807) is 60.2 Å². The number of carbonyl (C=O) groups is 1. The Kier molecular flexibility index (Phi) is 21.5. The second-order valence-corrected chi connectivity index (χ2v) is 22.0. The lowest BCUT2D eigenvalue weighted by Crippen LogP contribution is -2.61. The Morgan fingerprint density at radius 3 is 2.29 bits per heavy atom. The fourth-order valence-corrected chi connectivity index (χ4v) is 11.0. The van der Waals surface area contributed by atoms with Crippen molar-refractivity contribution in [1.29, 1.82) is 0 Å². The van der Waals surface area contributed by atoms with E-state index >= 15 is 0 Å². The summed E-state index contributed by atoms with van der Waals surface area (Å²) in [5.41, 5.74) is 4.36. The zero-order valence-corrected chi connectivity index (χ0v) is 45.6. The van der Waals surface area contributed by atoms with Crippen LogP contribution in [0, 0.1) is 17.8 Å². The van der Waals surface area contributed by atoms with E-state index in [-0.39, 0.29) is 31.3 Å². The minimum Gasteiger partial charge on any atom is -0.494 e. The van der Waals surface area contributed by atoms with Crippen molar-refractivity contribution in [1.82, 2.24) is 20.0 Å². The molecule has 416 valence electrons. The average molecular weight is 1040 g/mol. The van der Waals surface area contributed by atoms with Crippen molar-refractivity contribution in [2.75, 3.05) is 47.4 Å². The smallest absolute Gasteiger partial charge is 0.311 e. The van der Waals surface area contributed by atoms with E-state index in [4.69, 9.17) is 49.3 Å². The molecular weight excluding hydrogens is 945 g/mol. The number of methoxy groups -OCH3 is 1. The van der Waals surface area contributed by atoms with Crippen molar-refractivity contribution in [2.45, 2.75) is 198 Å². The van der Waals surface area contributed by atoms with Gasteiger partial charge in [0.2, 0.25) is 0 Å². The Hall–Kier alpha value is -3.48. The number of benzene rings is 1. The van der Waals surface area contributed by atoms with Gasteiger partial charge in [-0.25, -0.2) is 5.84 Å². The molecule has 3 fully saturated rings. The van der Waals surface area contributed by atoms with Crippen LogP contribution in [0.15, 0.2) is 53.1 Å². The third kappa shape index (κ3) is 15.4. The Bertz CT molecular complexity index is 2010. The molecule has 4 heterocycles. The molecule has 73 heavy (non-hydrogen) atoms. The Labute approximate surface area is 433 Å². The zero-order valence-electron chi connectivity index (χ0n) is 45.6. The first kappa shape index (κ1) is 60.4. The van der Waals surface area contributed by atoms with Gasteiger partial charge in [-0.15, -0.1) is 0 Å².